The molecule has 2 aromatic rings. The van der Waals surface area contributed by atoms with Gasteiger partial charge in [0.05, 0.1) is 19.1 Å². The normalized spacial score (nSPS) is 13.4. The van der Waals surface area contributed by atoms with Crippen molar-refractivity contribution >= 4 is 11.9 Å². The van der Waals surface area contributed by atoms with E-state index in [-0.39, 0.29) is 12.5 Å². The van der Waals surface area contributed by atoms with Crippen LogP contribution in [0.1, 0.15) is 66.2 Å². The average molecular weight is 446 g/mol. The highest BCUT2D eigenvalue weighted by Crippen LogP contribution is 2.23. The molecule has 0 bridgehead atoms. The van der Waals surface area contributed by atoms with E-state index in [0.29, 0.717) is 6.42 Å². The predicted molar refractivity (Wildman–Crippen MR) is 120 cm³/mol. The van der Waals surface area contributed by atoms with E-state index in [1.807, 2.05) is 37.3 Å². The van der Waals surface area contributed by atoms with Gasteiger partial charge >= 0.3 is 5.97 Å². The van der Waals surface area contributed by atoms with Crippen LogP contribution in [0.3, 0.4) is 0 Å². The summed E-state index contributed by atoms with van der Waals surface area (Å²) in [6.45, 7) is 9.02. The largest absolute Gasteiger partial charge is 0.550 e. The lowest BCUT2D eigenvalue weighted by Gasteiger charge is -2.19. The standard InChI is InChI=1S/C21H29NO2.C4H6O4/c1-14-12-16(3)19(13-15(14)2)20(23)10-11-22-17(4)21(24)18-8-6-5-7-9-18;5-3(6)1-2-4(7)8/h5-9,12-13,17,20-24H,10-11H2,1-4H3;1-2H2,(H,5,6)(H,7,8). The summed E-state index contributed by atoms with van der Waals surface area (Å²) in [6.07, 6.45) is -1.04. The molecular formula is C25H35NO6. The summed E-state index contributed by atoms with van der Waals surface area (Å²) in [5.41, 5.74) is 5.57. The molecule has 3 atom stereocenters. The smallest absolute Gasteiger partial charge is 0.303 e. The average Bonchev–Trinajstić information content (AvgIpc) is 2.75. The zero-order valence-corrected chi connectivity index (χ0v) is 19.2. The second kappa shape index (κ2) is 13.6. The lowest BCUT2D eigenvalue weighted by molar-refractivity contribution is -0.695. The Hall–Kier alpha value is -2.74. The number of aliphatic carboxylic acids is 2. The van der Waals surface area contributed by atoms with Gasteiger partial charge in [-0.2, -0.15) is 0 Å². The van der Waals surface area contributed by atoms with E-state index in [0.717, 1.165) is 23.2 Å². The first-order valence-corrected chi connectivity index (χ1v) is 10.8. The number of aliphatic hydroxyl groups excluding tert-OH is 2. The van der Waals surface area contributed by atoms with Gasteiger partial charge < -0.3 is 30.5 Å². The number of hydrogen-bond donors (Lipinski definition) is 4. The first-order valence-electron chi connectivity index (χ1n) is 10.8. The zero-order chi connectivity index (χ0) is 24.3. The van der Waals surface area contributed by atoms with Crippen LogP contribution in [0.2, 0.25) is 0 Å². The highest BCUT2D eigenvalue weighted by Gasteiger charge is 2.20. The van der Waals surface area contributed by atoms with Crippen LogP contribution in [0.25, 0.3) is 0 Å². The maximum atomic E-state index is 10.5. The number of benzene rings is 2. The maximum absolute atomic E-state index is 10.5. The molecule has 0 saturated carbocycles. The van der Waals surface area contributed by atoms with Gasteiger partial charge in [-0.15, -0.1) is 0 Å². The fraction of sp³-hybridized carbons (Fsp3) is 0.440. The minimum atomic E-state index is -1.33. The zero-order valence-electron chi connectivity index (χ0n) is 19.2. The number of aryl methyl sites for hydroxylation is 3. The van der Waals surface area contributed by atoms with Gasteiger partial charge in [0.25, 0.3) is 0 Å². The van der Waals surface area contributed by atoms with Crippen LogP contribution >= 0.6 is 0 Å². The molecule has 7 heteroatoms. The van der Waals surface area contributed by atoms with Crippen LogP contribution in [-0.4, -0.2) is 39.8 Å². The Labute approximate surface area is 189 Å². The van der Waals surface area contributed by atoms with Crippen molar-refractivity contribution in [1.82, 2.24) is 0 Å². The Bertz CT molecular complexity index is 854. The van der Waals surface area contributed by atoms with Gasteiger partial charge in [0.1, 0.15) is 12.1 Å². The number of carboxylic acid groups (broad SMARTS) is 2. The molecule has 0 fully saturated rings. The molecule has 0 radical (unpaired) electrons. The van der Waals surface area contributed by atoms with Crippen molar-refractivity contribution in [3.63, 3.8) is 0 Å². The summed E-state index contributed by atoms with van der Waals surface area (Å²) in [4.78, 5) is 19.1. The quantitative estimate of drug-likeness (QED) is 0.436. The summed E-state index contributed by atoms with van der Waals surface area (Å²) < 4.78 is 0. The van der Waals surface area contributed by atoms with E-state index in [2.05, 4.69) is 38.2 Å². The summed E-state index contributed by atoms with van der Waals surface area (Å²) in [5, 5.41) is 40.4. The monoisotopic (exact) mass is 445 g/mol. The van der Waals surface area contributed by atoms with Crippen molar-refractivity contribution < 1.29 is 35.3 Å². The van der Waals surface area contributed by atoms with E-state index < -0.39 is 30.6 Å². The Morgan fingerprint density at radius 3 is 2.09 bits per heavy atom. The topological polar surface area (TPSA) is 134 Å². The molecule has 32 heavy (non-hydrogen) atoms. The first kappa shape index (κ1) is 27.3. The number of carbonyl (C=O) groups is 2. The van der Waals surface area contributed by atoms with Crippen LogP contribution in [0, 0.1) is 20.8 Å². The SMILES string of the molecule is Cc1cc(C)c(C(O)CC[NH2+]C(C)C(O)c2ccccc2)cc1C.O=C([O-])CCC(=O)O. The Morgan fingerprint density at radius 1 is 0.969 bits per heavy atom. The van der Waals surface area contributed by atoms with Crippen LogP contribution in [-0.2, 0) is 9.59 Å². The minimum absolute atomic E-state index is 0.0560. The van der Waals surface area contributed by atoms with E-state index in [4.69, 9.17) is 5.11 Å². The van der Waals surface area contributed by atoms with Crippen molar-refractivity contribution in [2.75, 3.05) is 6.54 Å². The fourth-order valence-electron chi connectivity index (χ4n) is 3.31. The minimum Gasteiger partial charge on any atom is -0.550 e. The molecule has 2 rings (SSSR count). The fourth-order valence-corrected chi connectivity index (χ4v) is 3.31. The van der Waals surface area contributed by atoms with E-state index in [1.165, 1.54) is 11.1 Å². The molecule has 0 aromatic heterocycles. The number of quaternary nitrogens is 1. The van der Waals surface area contributed by atoms with Crippen molar-refractivity contribution in [2.24, 2.45) is 0 Å². The summed E-state index contributed by atoms with van der Waals surface area (Å²) in [5.74, 6) is -2.44. The van der Waals surface area contributed by atoms with Crippen LogP contribution in [0.5, 0.6) is 0 Å². The van der Waals surface area contributed by atoms with Gasteiger partial charge in [0.15, 0.2) is 0 Å². The molecule has 7 nitrogen and oxygen atoms in total. The number of nitrogens with two attached hydrogens (primary N) is 1. The van der Waals surface area contributed by atoms with Crippen molar-refractivity contribution in [1.29, 1.82) is 0 Å². The van der Waals surface area contributed by atoms with Gasteiger partial charge in [-0.1, -0.05) is 42.5 Å². The Kier molecular flexibility index (Phi) is 11.6. The molecule has 5 N–H and O–H groups in total. The number of aliphatic hydroxyl groups is 2. The maximum Gasteiger partial charge on any atom is 0.303 e. The molecule has 0 heterocycles. The first-order chi connectivity index (χ1) is 15.0. The lowest BCUT2D eigenvalue weighted by atomic mass is 9.95. The number of carboxylic acids is 2. The van der Waals surface area contributed by atoms with Gasteiger partial charge in [0, 0.05) is 12.4 Å². The van der Waals surface area contributed by atoms with Crippen LogP contribution < -0.4 is 10.4 Å². The van der Waals surface area contributed by atoms with Crippen molar-refractivity contribution in [3.8, 4) is 0 Å². The molecule has 0 aliphatic rings. The summed E-state index contributed by atoms with van der Waals surface area (Å²) >= 11 is 0. The molecule has 2 aromatic carbocycles. The van der Waals surface area contributed by atoms with E-state index >= 15 is 0 Å². The molecule has 3 unspecified atom stereocenters. The number of rotatable bonds is 10. The Morgan fingerprint density at radius 2 is 1.56 bits per heavy atom. The summed E-state index contributed by atoms with van der Waals surface area (Å²) in [7, 11) is 0. The van der Waals surface area contributed by atoms with E-state index in [9.17, 15) is 24.9 Å². The van der Waals surface area contributed by atoms with E-state index in [1.54, 1.807) is 0 Å². The third-order valence-electron chi connectivity index (χ3n) is 5.40. The van der Waals surface area contributed by atoms with Gasteiger partial charge in [-0.25, -0.2) is 0 Å². The predicted octanol–water partition coefficient (Wildman–Crippen LogP) is 1.32. The number of hydrogen-bond acceptors (Lipinski definition) is 5. The molecule has 0 aliphatic heterocycles. The van der Waals surface area contributed by atoms with Gasteiger partial charge in [0.2, 0.25) is 0 Å². The Balaban J connectivity index is 0.000000547. The van der Waals surface area contributed by atoms with Crippen LogP contribution in [0.4, 0.5) is 0 Å². The highest BCUT2D eigenvalue weighted by molar-refractivity contribution is 5.74. The molecule has 176 valence electrons. The highest BCUT2D eigenvalue weighted by atomic mass is 16.4. The molecule has 0 saturated heterocycles. The molecular weight excluding hydrogens is 410 g/mol. The van der Waals surface area contributed by atoms with Crippen LogP contribution in [0.15, 0.2) is 42.5 Å². The van der Waals surface area contributed by atoms with Gasteiger partial charge in [-0.3, -0.25) is 4.79 Å². The van der Waals surface area contributed by atoms with Crippen molar-refractivity contribution in [2.45, 2.75) is 65.2 Å². The summed E-state index contributed by atoms with van der Waals surface area (Å²) in [6, 6.07) is 14.0. The lowest BCUT2D eigenvalue weighted by Crippen LogP contribution is -2.90. The second-order valence-corrected chi connectivity index (χ2v) is 8.10. The third kappa shape index (κ3) is 9.60. The number of carbonyl (C=O) groups excluding carboxylic acids is 1. The van der Waals surface area contributed by atoms with Gasteiger partial charge in [-0.05, 0) is 61.9 Å². The second-order valence-electron chi connectivity index (χ2n) is 8.10. The molecule has 0 amide bonds. The van der Waals surface area contributed by atoms with Crippen molar-refractivity contribution in [3.05, 3.63) is 70.3 Å². The third-order valence-corrected chi connectivity index (χ3v) is 5.40. The molecule has 0 aliphatic carbocycles. The molecule has 0 spiro atoms.